The molecule has 3 N–H and O–H groups in total. The predicted octanol–water partition coefficient (Wildman–Crippen LogP) is 0.341. The van der Waals surface area contributed by atoms with Crippen LogP contribution >= 0.6 is 0 Å². The predicted molar refractivity (Wildman–Crippen MR) is 61.0 cm³/mol. The minimum absolute atomic E-state index is 0.0251. The summed E-state index contributed by atoms with van der Waals surface area (Å²) in [6.45, 7) is -1.40. The van der Waals surface area contributed by atoms with Gasteiger partial charge in [-0.15, -0.1) is 0 Å². The molecule has 0 bridgehead atoms. The number of esters is 1. The molecule has 5 heteroatoms. The first kappa shape index (κ1) is 14.2. The Morgan fingerprint density at radius 3 is 2.12 bits per heavy atom. The van der Waals surface area contributed by atoms with E-state index in [0.29, 0.717) is 11.1 Å². The van der Waals surface area contributed by atoms with Crippen LogP contribution in [0.15, 0.2) is 11.1 Å². The third kappa shape index (κ3) is 3.80. The van der Waals surface area contributed by atoms with E-state index in [0.717, 1.165) is 32.1 Å². The van der Waals surface area contributed by atoms with Crippen LogP contribution in [0, 0.1) is 5.92 Å². The second kappa shape index (κ2) is 7.42. The van der Waals surface area contributed by atoms with Crippen LogP contribution in [-0.4, -0.2) is 41.3 Å². The van der Waals surface area contributed by atoms with Gasteiger partial charge in [0.1, 0.15) is 0 Å². The fraction of sp³-hybridized carbons (Fsp3) is 0.750. The number of ether oxygens (including phenoxy) is 1. The molecule has 1 saturated carbocycles. The molecule has 0 heterocycles. The number of carbonyl (C=O) groups excluding carboxylic acids is 1. The van der Waals surface area contributed by atoms with Crippen LogP contribution in [0.5, 0.6) is 0 Å². The van der Waals surface area contributed by atoms with E-state index in [1.165, 1.54) is 0 Å². The van der Waals surface area contributed by atoms with E-state index < -0.39 is 12.8 Å². The summed E-state index contributed by atoms with van der Waals surface area (Å²) in [5.41, 5.74) is 0.652. The lowest BCUT2D eigenvalue weighted by molar-refractivity contribution is -0.147. The summed E-state index contributed by atoms with van der Waals surface area (Å²) in [6.07, 6.45) is 4.93. The zero-order valence-corrected chi connectivity index (χ0v) is 9.89. The Bertz CT molecular complexity index is 273. The van der Waals surface area contributed by atoms with Crippen molar-refractivity contribution in [3.05, 3.63) is 11.1 Å². The molecule has 0 spiro atoms. The average Bonchev–Trinajstić information content (AvgIpc) is 2.37. The molecule has 0 aromatic rings. The second-order valence-electron chi connectivity index (χ2n) is 4.23. The van der Waals surface area contributed by atoms with E-state index in [4.69, 9.17) is 15.3 Å². The summed E-state index contributed by atoms with van der Waals surface area (Å²) in [5, 5.41) is 26.9. The monoisotopic (exact) mass is 244 g/mol. The highest BCUT2D eigenvalue weighted by atomic mass is 16.6. The SMILES string of the molecule is O=C(OCO)C(=C(CO)CO)C1CCCCC1. The topological polar surface area (TPSA) is 87.0 Å². The Labute approximate surface area is 101 Å². The maximum absolute atomic E-state index is 11.7. The van der Waals surface area contributed by atoms with E-state index >= 15 is 0 Å². The van der Waals surface area contributed by atoms with Crippen LogP contribution in [-0.2, 0) is 9.53 Å². The van der Waals surface area contributed by atoms with Gasteiger partial charge in [-0.1, -0.05) is 19.3 Å². The van der Waals surface area contributed by atoms with Gasteiger partial charge in [-0.2, -0.15) is 0 Å². The molecule has 98 valence electrons. The lowest BCUT2D eigenvalue weighted by atomic mass is 9.82. The zero-order valence-electron chi connectivity index (χ0n) is 9.89. The number of aliphatic hydroxyl groups excluding tert-OH is 3. The maximum atomic E-state index is 11.7. The van der Waals surface area contributed by atoms with Crippen molar-refractivity contribution in [2.24, 2.45) is 5.92 Å². The van der Waals surface area contributed by atoms with Gasteiger partial charge in [0, 0.05) is 5.57 Å². The average molecular weight is 244 g/mol. The fourth-order valence-electron chi connectivity index (χ4n) is 2.35. The van der Waals surface area contributed by atoms with Crippen LogP contribution in [0.1, 0.15) is 32.1 Å². The lowest BCUT2D eigenvalue weighted by Crippen LogP contribution is -2.22. The number of hydrogen-bond acceptors (Lipinski definition) is 5. The largest absolute Gasteiger partial charge is 0.435 e. The Hall–Kier alpha value is -0.910. The minimum Gasteiger partial charge on any atom is -0.435 e. The normalized spacial score (nSPS) is 16.6. The van der Waals surface area contributed by atoms with E-state index in [1.807, 2.05) is 0 Å². The molecule has 0 amide bonds. The standard InChI is InChI=1S/C12H20O5/c13-6-10(7-14)11(12(16)17-8-15)9-4-2-1-3-5-9/h9,13-15H,1-8H2. The van der Waals surface area contributed by atoms with E-state index in [9.17, 15) is 4.79 Å². The van der Waals surface area contributed by atoms with Crippen molar-refractivity contribution in [1.29, 1.82) is 0 Å². The molecule has 0 saturated heterocycles. The van der Waals surface area contributed by atoms with E-state index in [-0.39, 0.29) is 19.1 Å². The first-order chi connectivity index (χ1) is 8.24. The lowest BCUT2D eigenvalue weighted by Gasteiger charge is -2.25. The van der Waals surface area contributed by atoms with Gasteiger partial charge in [0.25, 0.3) is 0 Å². The third-order valence-corrected chi connectivity index (χ3v) is 3.19. The van der Waals surface area contributed by atoms with Crippen molar-refractivity contribution >= 4 is 5.97 Å². The molecule has 0 unspecified atom stereocenters. The van der Waals surface area contributed by atoms with Crippen molar-refractivity contribution in [2.75, 3.05) is 20.0 Å². The molecular weight excluding hydrogens is 224 g/mol. The molecule has 17 heavy (non-hydrogen) atoms. The highest BCUT2D eigenvalue weighted by Gasteiger charge is 2.27. The Morgan fingerprint density at radius 1 is 1.06 bits per heavy atom. The van der Waals surface area contributed by atoms with Crippen molar-refractivity contribution in [2.45, 2.75) is 32.1 Å². The molecular formula is C12H20O5. The van der Waals surface area contributed by atoms with Crippen LogP contribution in [0.3, 0.4) is 0 Å². The van der Waals surface area contributed by atoms with Gasteiger partial charge in [-0.25, -0.2) is 4.79 Å². The molecule has 0 radical (unpaired) electrons. The van der Waals surface area contributed by atoms with Crippen molar-refractivity contribution in [3.8, 4) is 0 Å². The van der Waals surface area contributed by atoms with Gasteiger partial charge in [-0.05, 0) is 24.3 Å². The van der Waals surface area contributed by atoms with Crippen molar-refractivity contribution in [3.63, 3.8) is 0 Å². The Kier molecular flexibility index (Phi) is 6.18. The summed E-state index contributed by atoms with van der Waals surface area (Å²) in [6, 6.07) is 0. The molecule has 0 aromatic heterocycles. The quantitative estimate of drug-likeness (QED) is 0.369. The van der Waals surface area contributed by atoms with Crippen LogP contribution < -0.4 is 0 Å². The smallest absolute Gasteiger partial charge is 0.336 e. The van der Waals surface area contributed by atoms with Gasteiger partial charge in [0.2, 0.25) is 0 Å². The van der Waals surface area contributed by atoms with Gasteiger partial charge < -0.3 is 20.1 Å². The number of rotatable bonds is 5. The molecule has 0 atom stereocenters. The first-order valence-corrected chi connectivity index (χ1v) is 5.96. The van der Waals surface area contributed by atoms with Crippen molar-refractivity contribution in [1.82, 2.24) is 0 Å². The first-order valence-electron chi connectivity index (χ1n) is 5.96. The molecule has 1 rings (SSSR count). The van der Waals surface area contributed by atoms with Crippen molar-refractivity contribution < 1.29 is 24.9 Å². The van der Waals surface area contributed by atoms with Crippen LogP contribution in [0.4, 0.5) is 0 Å². The van der Waals surface area contributed by atoms with Gasteiger partial charge >= 0.3 is 5.97 Å². The fourth-order valence-corrected chi connectivity index (χ4v) is 2.35. The van der Waals surface area contributed by atoms with Crippen LogP contribution in [0.25, 0.3) is 0 Å². The summed E-state index contributed by atoms with van der Waals surface area (Å²) in [7, 11) is 0. The second-order valence-corrected chi connectivity index (χ2v) is 4.23. The molecule has 5 nitrogen and oxygen atoms in total. The molecule has 1 aliphatic rings. The zero-order chi connectivity index (χ0) is 12.7. The molecule has 1 aliphatic carbocycles. The molecule has 0 aromatic carbocycles. The highest BCUT2D eigenvalue weighted by molar-refractivity contribution is 5.90. The van der Waals surface area contributed by atoms with Gasteiger partial charge in [0.05, 0.1) is 13.2 Å². The maximum Gasteiger partial charge on any atom is 0.336 e. The molecule has 1 fully saturated rings. The summed E-state index contributed by atoms with van der Waals surface area (Å²) >= 11 is 0. The third-order valence-electron chi connectivity index (χ3n) is 3.19. The summed E-state index contributed by atoms with van der Waals surface area (Å²) in [4.78, 5) is 11.7. The summed E-state index contributed by atoms with van der Waals surface area (Å²) < 4.78 is 4.58. The van der Waals surface area contributed by atoms with Gasteiger partial charge in [-0.3, -0.25) is 0 Å². The minimum atomic E-state index is -0.681. The van der Waals surface area contributed by atoms with Crippen LogP contribution in [0.2, 0.25) is 0 Å². The number of carbonyl (C=O) groups is 1. The van der Waals surface area contributed by atoms with Gasteiger partial charge in [0.15, 0.2) is 6.79 Å². The Balaban J connectivity index is 2.91. The number of aliphatic hydroxyl groups is 3. The van der Waals surface area contributed by atoms with E-state index in [2.05, 4.69) is 4.74 Å². The summed E-state index contributed by atoms with van der Waals surface area (Å²) in [5.74, 6) is -0.602. The highest BCUT2D eigenvalue weighted by Crippen LogP contribution is 2.32. The molecule has 0 aliphatic heterocycles. The number of hydrogen-bond donors (Lipinski definition) is 3. The Morgan fingerprint density at radius 2 is 1.65 bits per heavy atom. The van der Waals surface area contributed by atoms with E-state index in [1.54, 1.807) is 0 Å².